The van der Waals surface area contributed by atoms with Crippen molar-refractivity contribution in [2.24, 2.45) is 0 Å². The first-order valence-corrected chi connectivity index (χ1v) is 7.53. The van der Waals surface area contributed by atoms with Gasteiger partial charge in [-0.2, -0.15) is 18.2 Å². The zero-order chi connectivity index (χ0) is 13.9. The molecule has 0 atom stereocenters. The number of benzene rings is 1. The van der Waals surface area contributed by atoms with Crippen molar-refractivity contribution in [1.29, 1.82) is 0 Å². The predicted octanol–water partition coefficient (Wildman–Crippen LogP) is 1.19. The van der Waals surface area contributed by atoms with Crippen molar-refractivity contribution in [3.05, 3.63) is 23.8 Å². The van der Waals surface area contributed by atoms with Crippen molar-refractivity contribution in [2.45, 2.75) is 31.1 Å². The molecule has 19 heavy (non-hydrogen) atoms. The Bertz CT molecular complexity index is 583. The number of amides is 1. The van der Waals surface area contributed by atoms with Crippen LogP contribution >= 0.6 is 0 Å². The molecule has 0 saturated heterocycles. The van der Waals surface area contributed by atoms with E-state index in [4.69, 9.17) is 4.28 Å². The van der Waals surface area contributed by atoms with E-state index in [-0.39, 0.29) is 17.2 Å². The van der Waals surface area contributed by atoms with Crippen LogP contribution in [0.5, 0.6) is 0 Å². The Morgan fingerprint density at radius 1 is 1.42 bits per heavy atom. The molecule has 104 valence electrons. The van der Waals surface area contributed by atoms with E-state index in [1.165, 1.54) is 12.1 Å². The Labute approximate surface area is 112 Å². The number of nitrogens with one attached hydrogen (secondary N) is 2. The highest BCUT2D eigenvalue weighted by molar-refractivity contribution is 7.86. The Kier molecular flexibility index (Phi) is 4.18. The Morgan fingerprint density at radius 2 is 2.21 bits per heavy atom. The third-order valence-electron chi connectivity index (χ3n) is 2.79. The highest BCUT2D eigenvalue weighted by Crippen LogP contribution is 2.26. The number of hydroxylamine groups is 1. The molecule has 1 aromatic rings. The van der Waals surface area contributed by atoms with Crippen LogP contribution in [0.25, 0.3) is 0 Å². The standard InChI is InChI=1S/C12H16N2O4S/c1-2-3-6-13-18-19(16,17)10-4-5-11-9(7-10)8-12(15)14-11/h4-5,7,13H,2-3,6,8H2,1H3,(H,14,15). The van der Waals surface area contributed by atoms with Crippen LogP contribution in [0.2, 0.25) is 0 Å². The van der Waals surface area contributed by atoms with Gasteiger partial charge in [-0.1, -0.05) is 13.3 Å². The number of hydrogen-bond donors (Lipinski definition) is 2. The largest absolute Gasteiger partial charge is 0.326 e. The molecule has 0 bridgehead atoms. The summed E-state index contributed by atoms with van der Waals surface area (Å²) in [5.74, 6) is -0.133. The molecular formula is C12H16N2O4S. The molecule has 2 rings (SSSR count). The van der Waals surface area contributed by atoms with E-state index in [9.17, 15) is 13.2 Å². The smallest absolute Gasteiger partial charge is 0.312 e. The highest BCUT2D eigenvalue weighted by Gasteiger charge is 2.22. The Morgan fingerprint density at radius 3 is 2.95 bits per heavy atom. The summed E-state index contributed by atoms with van der Waals surface area (Å²) in [5, 5.41) is 2.65. The lowest BCUT2D eigenvalue weighted by atomic mass is 10.2. The van der Waals surface area contributed by atoms with E-state index in [2.05, 4.69) is 10.8 Å². The van der Waals surface area contributed by atoms with Gasteiger partial charge < -0.3 is 5.32 Å². The van der Waals surface area contributed by atoms with Gasteiger partial charge in [-0.25, -0.2) is 0 Å². The van der Waals surface area contributed by atoms with Crippen LogP contribution in [0, 0.1) is 0 Å². The van der Waals surface area contributed by atoms with Crippen molar-refractivity contribution in [3.63, 3.8) is 0 Å². The number of unbranched alkanes of at least 4 members (excludes halogenated alkanes) is 1. The molecule has 0 unspecified atom stereocenters. The van der Waals surface area contributed by atoms with E-state index in [0.29, 0.717) is 17.8 Å². The van der Waals surface area contributed by atoms with Crippen molar-refractivity contribution in [1.82, 2.24) is 5.48 Å². The lowest BCUT2D eigenvalue weighted by molar-refractivity contribution is -0.115. The summed E-state index contributed by atoms with van der Waals surface area (Å²) in [4.78, 5) is 11.2. The summed E-state index contributed by atoms with van der Waals surface area (Å²) < 4.78 is 28.5. The summed E-state index contributed by atoms with van der Waals surface area (Å²) in [6.07, 6.45) is 1.98. The minimum Gasteiger partial charge on any atom is -0.326 e. The molecule has 2 N–H and O–H groups in total. The third-order valence-corrected chi connectivity index (χ3v) is 3.96. The predicted molar refractivity (Wildman–Crippen MR) is 70.0 cm³/mol. The number of carbonyl (C=O) groups is 1. The van der Waals surface area contributed by atoms with Gasteiger partial charge >= 0.3 is 10.1 Å². The van der Waals surface area contributed by atoms with Crippen LogP contribution < -0.4 is 10.8 Å². The van der Waals surface area contributed by atoms with Crippen LogP contribution in [-0.4, -0.2) is 20.9 Å². The minimum atomic E-state index is -3.83. The fourth-order valence-corrected chi connectivity index (χ4v) is 2.63. The quantitative estimate of drug-likeness (QED) is 0.605. The van der Waals surface area contributed by atoms with Crippen molar-refractivity contribution in [2.75, 3.05) is 11.9 Å². The molecule has 0 fully saturated rings. The summed E-state index contributed by atoms with van der Waals surface area (Å²) in [6.45, 7) is 2.47. The molecule has 1 aromatic carbocycles. The lowest BCUT2D eigenvalue weighted by Gasteiger charge is -2.07. The van der Waals surface area contributed by atoms with Crippen LogP contribution in [0.15, 0.2) is 23.1 Å². The molecule has 1 heterocycles. The normalized spacial score (nSPS) is 14.3. The van der Waals surface area contributed by atoms with Gasteiger partial charge in [-0.15, -0.1) is 0 Å². The van der Waals surface area contributed by atoms with Crippen molar-refractivity contribution in [3.8, 4) is 0 Å². The first kappa shape index (κ1) is 14.0. The molecule has 7 heteroatoms. The van der Waals surface area contributed by atoms with Crippen molar-refractivity contribution < 1.29 is 17.5 Å². The summed E-state index contributed by atoms with van der Waals surface area (Å²) in [7, 11) is -3.83. The van der Waals surface area contributed by atoms with Crippen LogP contribution in [-0.2, 0) is 25.6 Å². The number of fused-ring (bicyclic) bond motifs is 1. The first-order chi connectivity index (χ1) is 9.03. The van der Waals surface area contributed by atoms with Gasteiger partial charge in [0.2, 0.25) is 5.91 Å². The van der Waals surface area contributed by atoms with Gasteiger partial charge in [0.1, 0.15) is 0 Å². The average Bonchev–Trinajstić information content (AvgIpc) is 2.73. The number of rotatable bonds is 6. The SMILES string of the molecule is CCCCNOS(=O)(=O)c1ccc2c(c1)CC(=O)N2. The Balaban J connectivity index is 2.09. The van der Waals surface area contributed by atoms with E-state index < -0.39 is 10.1 Å². The van der Waals surface area contributed by atoms with Gasteiger partial charge in [0.15, 0.2) is 0 Å². The second-order valence-electron chi connectivity index (χ2n) is 4.33. The molecule has 1 amide bonds. The molecule has 0 aliphatic carbocycles. The third kappa shape index (κ3) is 3.31. The average molecular weight is 284 g/mol. The number of carbonyl (C=O) groups excluding carboxylic acids is 1. The van der Waals surface area contributed by atoms with Crippen LogP contribution in [0.3, 0.4) is 0 Å². The summed E-state index contributed by atoms with van der Waals surface area (Å²) in [6, 6.07) is 4.45. The van der Waals surface area contributed by atoms with Gasteiger partial charge in [-0.3, -0.25) is 4.79 Å². The maximum Gasteiger partial charge on any atom is 0.312 e. The first-order valence-electron chi connectivity index (χ1n) is 6.12. The van der Waals surface area contributed by atoms with E-state index in [1.807, 2.05) is 6.92 Å². The van der Waals surface area contributed by atoms with E-state index in [0.717, 1.165) is 12.8 Å². The van der Waals surface area contributed by atoms with Crippen LogP contribution in [0.4, 0.5) is 5.69 Å². The second-order valence-corrected chi connectivity index (χ2v) is 5.88. The van der Waals surface area contributed by atoms with Crippen LogP contribution in [0.1, 0.15) is 25.3 Å². The molecule has 0 aromatic heterocycles. The number of anilines is 1. The van der Waals surface area contributed by atoms with Gasteiger partial charge in [-0.05, 0) is 30.2 Å². The zero-order valence-corrected chi connectivity index (χ0v) is 11.4. The van der Waals surface area contributed by atoms with Gasteiger partial charge in [0.05, 0.1) is 11.3 Å². The van der Waals surface area contributed by atoms with Crippen molar-refractivity contribution >= 4 is 21.7 Å². The lowest BCUT2D eigenvalue weighted by Crippen LogP contribution is -2.21. The number of hydrogen-bond acceptors (Lipinski definition) is 5. The monoisotopic (exact) mass is 284 g/mol. The fourth-order valence-electron chi connectivity index (χ4n) is 1.78. The second kappa shape index (κ2) is 5.68. The maximum absolute atomic E-state index is 11.9. The summed E-state index contributed by atoms with van der Waals surface area (Å²) >= 11 is 0. The molecule has 1 aliphatic rings. The van der Waals surface area contributed by atoms with Gasteiger partial charge in [0.25, 0.3) is 0 Å². The maximum atomic E-state index is 11.9. The Hall–Kier alpha value is -1.44. The van der Waals surface area contributed by atoms with Gasteiger partial charge in [0, 0.05) is 12.2 Å². The zero-order valence-electron chi connectivity index (χ0n) is 10.6. The molecule has 1 aliphatic heterocycles. The highest BCUT2D eigenvalue weighted by atomic mass is 32.2. The molecule has 0 radical (unpaired) electrons. The van der Waals surface area contributed by atoms with E-state index in [1.54, 1.807) is 6.07 Å². The molecule has 0 saturated carbocycles. The summed E-state index contributed by atoms with van der Waals surface area (Å²) in [5.41, 5.74) is 3.76. The molecular weight excluding hydrogens is 268 g/mol. The van der Waals surface area contributed by atoms with E-state index >= 15 is 0 Å². The molecule has 6 nitrogen and oxygen atoms in total. The molecule has 0 spiro atoms. The topological polar surface area (TPSA) is 84.5 Å². The minimum absolute atomic E-state index is 0.0479. The fraction of sp³-hybridized carbons (Fsp3) is 0.417.